The molecule has 7 heteroatoms. The van der Waals surface area contributed by atoms with Crippen molar-refractivity contribution < 1.29 is 19.1 Å². The van der Waals surface area contributed by atoms with Gasteiger partial charge in [-0.3, -0.25) is 4.79 Å². The maximum Gasteiger partial charge on any atom is 0.338 e. The Balaban J connectivity index is 1.75. The van der Waals surface area contributed by atoms with Crippen molar-refractivity contribution in [1.29, 1.82) is 0 Å². The molecule has 0 spiro atoms. The Hall–Kier alpha value is -1.97. The van der Waals surface area contributed by atoms with Gasteiger partial charge < -0.3 is 10.0 Å². The number of alkyl halides is 1. The van der Waals surface area contributed by atoms with Gasteiger partial charge in [0.05, 0.1) is 0 Å². The molecular weight excluding hydrogens is 277 g/mol. The predicted molar refractivity (Wildman–Crippen MR) is 72.1 cm³/mol. The Labute approximate surface area is 122 Å². The molecule has 2 rings (SSSR count). The van der Waals surface area contributed by atoms with Crippen LogP contribution < -0.4 is 0 Å². The third kappa shape index (κ3) is 3.78. The molecule has 2 aliphatic heterocycles. The number of hydrogen-bond donors (Lipinski definition) is 1. The number of carboxylic acid groups (broad SMARTS) is 1. The number of terminal acetylenes is 1. The highest BCUT2D eigenvalue weighted by Gasteiger charge is 2.41. The molecule has 0 saturated carbocycles. The number of aliphatic carboxylic acids is 1. The van der Waals surface area contributed by atoms with E-state index in [1.807, 2.05) is 0 Å². The average molecular weight is 295 g/mol. The topological polar surface area (TPSA) is 82.3 Å². The molecule has 21 heavy (non-hydrogen) atoms. The molecule has 6 nitrogen and oxygen atoms in total. The smallest absolute Gasteiger partial charge is 0.338 e. The SMILES string of the molecule is C#CCCC1(CCC(=O)N2CCC(C(F)C(=O)O)C2)N=N1. The van der Waals surface area contributed by atoms with Crippen molar-refractivity contribution in [2.75, 3.05) is 13.1 Å². The van der Waals surface area contributed by atoms with Crippen LogP contribution in [0.1, 0.15) is 32.1 Å². The number of nitrogens with zero attached hydrogens (tertiary/aromatic N) is 3. The van der Waals surface area contributed by atoms with Crippen molar-refractivity contribution in [2.45, 2.75) is 43.9 Å². The molecule has 1 amide bonds. The number of carboxylic acids is 1. The molecule has 0 aromatic carbocycles. The third-order valence-electron chi connectivity index (χ3n) is 4.02. The van der Waals surface area contributed by atoms with Gasteiger partial charge in [-0.05, 0) is 6.42 Å². The van der Waals surface area contributed by atoms with E-state index in [0.717, 1.165) is 0 Å². The summed E-state index contributed by atoms with van der Waals surface area (Å²) in [5.41, 5.74) is -0.495. The van der Waals surface area contributed by atoms with Gasteiger partial charge in [0.2, 0.25) is 12.1 Å². The minimum Gasteiger partial charge on any atom is -0.479 e. The highest BCUT2D eigenvalue weighted by atomic mass is 19.1. The molecule has 0 aromatic heterocycles. The number of likely N-dealkylation sites (tertiary alicyclic amines) is 1. The van der Waals surface area contributed by atoms with Gasteiger partial charge in [-0.1, -0.05) is 0 Å². The fourth-order valence-corrected chi connectivity index (χ4v) is 2.59. The molecule has 0 radical (unpaired) electrons. The van der Waals surface area contributed by atoms with Crippen LogP contribution in [0.15, 0.2) is 10.2 Å². The van der Waals surface area contributed by atoms with Crippen LogP contribution in [-0.4, -0.2) is 46.8 Å². The zero-order chi connectivity index (χ0) is 15.5. The number of carbonyl (C=O) groups excluding carboxylic acids is 1. The maximum absolute atomic E-state index is 13.4. The number of amides is 1. The van der Waals surface area contributed by atoms with Crippen molar-refractivity contribution in [3.63, 3.8) is 0 Å². The molecule has 0 aliphatic carbocycles. The van der Waals surface area contributed by atoms with E-state index in [2.05, 4.69) is 16.1 Å². The first-order valence-corrected chi connectivity index (χ1v) is 6.99. The third-order valence-corrected chi connectivity index (χ3v) is 4.02. The average Bonchev–Trinajstić information content (AvgIpc) is 3.06. The molecule has 2 aliphatic rings. The Kier molecular flexibility index (Phi) is 4.56. The van der Waals surface area contributed by atoms with Gasteiger partial charge in [-0.2, -0.15) is 10.2 Å². The minimum absolute atomic E-state index is 0.104. The fraction of sp³-hybridized carbons (Fsp3) is 0.714. The van der Waals surface area contributed by atoms with Crippen LogP contribution in [0.4, 0.5) is 4.39 Å². The summed E-state index contributed by atoms with van der Waals surface area (Å²) in [6.45, 7) is 0.570. The first-order valence-electron chi connectivity index (χ1n) is 6.99. The van der Waals surface area contributed by atoms with E-state index in [1.54, 1.807) is 0 Å². The second-order valence-electron chi connectivity index (χ2n) is 5.52. The first kappa shape index (κ1) is 15.4. The zero-order valence-electron chi connectivity index (χ0n) is 11.7. The van der Waals surface area contributed by atoms with Crippen molar-refractivity contribution in [2.24, 2.45) is 16.1 Å². The standard InChI is InChI=1S/C14H18FN3O3/c1-2-3-6-14(16-17-14)7-4-11(19)18-8-5-10(9-18)12(15)13(20)21/h1,10,12H,3-9H2,(H,20,21). The van der Waals surface area contributed by atoms with Crippen LogP contribution in [0.3, 0.4) is 0 Å². The molecule has 1 saturated heterocycles. The van der Waals surface area contributed by atoms with E-state index in [-0.39, 0.29) is 18.9 Å². The fourth-order valence-electron chi connectivity index (χ4n) is 2.59. The molecule has 114 valence electrons. The van der Waals surface area contributed by atoms with Gasteiger partial charge in [0.25, 0.3) is 0 Å². The highest BCUT2D eigenvalue weighted by molar-refractivity contribution is 5.77. The van der Waals surface area contributed by atoms with Gasteiger partial charge in [0, 0.05) is 44.7 Å². The Morgan fingerprint density at radius 1 is 1.48 bits per heavy atom. The Morgan fingerprint density at radius 3 is 2.76 bits per heavy atom. The lowest BCUT2D eigenvalue weighted by Gasteiger charge is -2.18. The molecular formula is C14H18FN3O3. The van der Waals surface area contributed by atoms with Gasteiger partial charge >= 0.3 is 5.97 Å². The number of hydrogen-bond acceptors (Lipinski definition) is 4. The van der Waals surface area contributed by atoms with Crippen LogP contribution in [0.5, 0.6) is 0 Å². The Morgan fingerprint density at radius 2 is 2.19 bits per heavy atom. The molecule has 1 N–H and O–H groups in total. The summed E-state index contributed by atoms with van der Waals surface area (Å²) in [5.74, 6) is 0.345. The summed E-state index contributed by atoms with van der Waals surface area (Å²) >= 11 is 0. The van der Waals surface area contributed by atoms with Crippen LogP contribution in [0, 0.1) is 18.3 Å². The van der Waals surface area contributed by atoms with E-state index >= 15 is 0 Å². The maximum atomic E-state index is 13.4. The van der Waals surface area contributed by atoms with Crippen molar-refractivity contribution >= 4 is 11.9 Å². The minimum atomic E-state index is -1.90. The Bertz CT molecular complexity index is 494. The van der Waals surface area contributed by atoms with Crippen LogP contribution in [0.25, 0.3) is 0 Å². The molecule has 2 unspecified atom stereocenters. The summed E-state index contributed by atoms with van der Waals surface area (Å²) in [5, 5.41) is 16.6. The van der Waals surface area contributed by atoms with Crippen molar-refractivity contribution in [3.8, 4) is 12.3 Å². The van der Waals surface area contributed by atoms with E-state index in [0.29, 0.717) is 32.2 Å². The molecule has 2 atom stereocenters. The van der Waals surface area contributed by atoms with Crippen molar-refractivity contribution in [1.82, 2.24) is 4.90 Å². The number of halogens is 1. The summed E-state index contributed by atoms with van der Waals surface area (Å²) in [6.07, 6.45) is 5.66. The summed E-state index contributed by atoms with van der Waals surface area (Å²) in [6, 6.07) is 0. The zero-order valence-corrected chi connectivity index (χ0v) is 11.7. The monoisotopic (exact) mass is 295 g/mol. The van der Waals surface area contributed by atoms with Gasteiger partial charge in [-0.25, -0.2) is 9.18 Å². The molecule has 0 aromatic rings. The molecule has 1 fully saturated rings. The van der Waals surface area contributed by atoms with Crippen LogP contribution in [-0.2, 0) is 9.59 Å². The lowest BCUT2D eigenvalue weighted by molar-refractivity contribution is -0.145. The molecule has 2 heterocycles. The van der Waals surface area contributed by atoms with E-state index in [1.165, 1.54) is 4.90 Å². The quantitative estimate of drug-likeness (QED) is 0.724. The van der Waals surface area contributed by atoms with E-state index in [4.69, 9.17) is 11.5 Å². The lowest BCUT2D eigenvalue weighted by Crippen LogP contribution is -2.32. The second-order valence-corrected chi connectivity index (χ2v) is 5.52. The normalized spacial score (nSPS) is 23.6. The van der Waals surface area contributed by atoms with Crippen LogP contribution >= 0.6 is 0 Å². The predicted octanol–water partition coefficient (Wildman–Crippen LogP) is 1.61. The largest absolute Gasteiger partial charge is 0.479 e. The van der Waals surface area contributed by atoms with Crippen molar-refractivity contribution in [3.05, 3.63) is 0 Å². The summed E-state index contributed by atoms with van der Waals surface area (Å²) in [7, 11) is 0. The van der Waals surface area contributed by atoms with Crippen LogP contribution in [0.2, 0.25) is 0 Å². The number of carbonyl (C=O) groups is 2. The summed E-state index contributed by atoms with van der Waals surface area (Å²) in [4.78, 5) is 24.2. The first-order chi connectivity index (χ1) is 9.97. The highest BCUT2D eigenvalue weighted by Crippen LogP contribution is 2.38. The molecule has 0 bridgehead atoms. The summed E-state index contributed by atoms with van der Waals surface area (Å²) < 4.78 is 13.4. The van der Waals surface area contributed by atoms with Gasteiger partial charge in [0.1, 0.15) is 0 Å². The number of rotatable bonds is 7. The van der Waals surface area contributed by atoms with Gasteiger partial charge in [-0.15, -0.1) is 12.3 Å². The second kappa shape index (κ2) is 6.20. The van der Waals surface area contributed by atoms with E-state index < -0.39 is 23.7 Å². The van der Waals surface area contributed by atoms with Gasteiger partial charge in [0.15, 0.2) is 5.66 Å². The lowest BCUT2D eigenvalue weighted by atomic mass is 10.0. The van der Waals surface area contributed by atoms with E-state index in [9.17, 15) is 14.0 Å².